The number of hydrogen-bond donors (Lipinski definition) is 1. The molecule has 2 heterocycles. The molecule has 0 amide bonds. The molecule has 1 aliphatic carbocycles. The SMILES string of the molecule is COc1ccc(Br)cc1C=Cc1nc2sc3c(c2c(=O)[nH]1)CCCC3. The van der Waals surface area contributed by atoms with Crippen molar-refractivity contribution >= 4 is 49.6 Å². The van der Waals surface area contributed by atoms with Gasteiger partial charge in [0.1, 0.15) is 16.4 Å². The molecule has 0 atom stereocenters. The van der Waals surface area contributed by atoms with Gasteiger partial charge in [0.15, 0.2) is 0 Å². The first-order valence-electron chi connectivity index (χ1n) is 8.22. The number of rotatable bonds is 3. The minimum absolute atomic E-state index is 0.0368. The van der Waals surface area contributed by atoms with Gasteiger partial charge in [-0.05, 0) is 61.6 Å². The molecular formula is C19H17BrN2O2S. The number of nitrogens with one attached hydrogen (secondary N) is 1. The van der Waals surface area contributed by atoms with Crippen molar-refractivity contribution in [1.29, 1.82) is 0 Å². The summed E-state index contributed by atoms with van der Waals surface area (Å²) in [5.74, 6) is 1.34. The van der Waals surface area contributed by atoms with Crippen LogP contribution in [0, 0.1) is 0 Å². The average Bonchev–Trinajstić information content (AvgIpc) is 2.99. The van der Waals surface area contributed by atoms with Crippen molar-refractivity contribution in [2.75, 3.05) is 7.11 Å². The summed E-state index contributed by atoms with van der Waals surface area (Å²) in [6.45, 7) is 0. The molecule has 4 nitrogen and oxygen atoms in total. The quantitative estimate of drug-likeness (QED) is 0.666. The number of aromatic nitrogens is 2. The lowest BCUT2D eigenvalue weighted by atomic mass is 9.97. The average molecular weight is 417 g/mol. The monoisotopic (exact) mass is 416 g/mol. The van der Waals surface area contributed by atoms with Gasteiger partial charge in [-0.2, -0.15) is 0 Å². The van der Waals surface area contributed by atoms with Crippen molar-refractivity contribution < 1.29 is 4.74 Å². The lowest BCUT2D eigenvalue weighted by molar-refractivity contribution is 0.414. The van der Waals surface area contributed by atoms with E-state index in [1.54, 1.807) is 18.4 Å². The molecule has 4 rings (SSSR count). The van der Waals surface area contributed by atoms with Crippen molar-refractivity contribution in [3.63, 3.8) is 0 Å². The highest BCUT2D eigenvalue weighted by Crippen LogP contribution is 2.33. The number of fused-ring (bicyclic) bond motifs is 3. The predicted octanol–water partition coefficient (Wildman–Crippen LogP) is 4.80. The molecule has 0 fully saturated rings. The summed E-state index contributed by atoms with van der Waals surface area (Å²) in [4.78, 5) is 22.3. The fourth-order valence-corrected chi connectivity index (χ4v) is 4.91. The van der Waals surface area contributed by atoms with E-state index in [2.05, 4.69) is 25.9 Å². The van der Waals surface area contributed by atoms with Gasteiger partial charge in [0, 0.05) is 14.9 Å². The molecule has 2 aromatic heterocycles. The molecule has 0 radical (unpaired) electrons. The molecule has 0 unspecified atom stereocenters. The Hall–Kier alpha value is -1.92. The van der Waals surface area contributed by atoms with Crippen molar-refractivity contribution in [1.82, 2.24) is 9.97 Å². The number of aromatic amines is 1. The van der Waals surface area contributed by atoms with Gasteiger partial charge in [-0.3, -0.25) is 4.79 Å². The van der Waals surface area contributed by atoms with Crippen LogP contribution in [-0.4, -0.2) is 17.1 Å². The van der Waals surface area contributed by atoms with Crippen LogP contribution in [0.25, 0.3) is 22.4 Å². The summed E-state index contributed by atoms with van der Waals surface area (Å²) < 4.78 is 6.34. The topological polar surface area (TPSA) is 55.0 Å². The molecule has 1 aromatic carbocycles. The number of hydrogen-bond acceptors (Lipinski definition) is 4. The largest absolute Gasteiger partial charge is 0.496 e. The van der Waals surface area contributed by atoms with Crippen LogP contribution in [-0.2, 0) is 12.8 Å². The second-order valence-electron chi connectivity index (χ2n) is 6.06. The molecule has 0 saturated carbocycles. The second-order valence-corrected chi connectivity index (χ2v) is 8.06. The molecule has 0 saturated heterocycles. The first-order valence-corrected chi connectivity index (χ1v) is 9.83. The Morgan fingerprint density at radius 3 is 2.96 bits per heavy atom. The number of ether oxygens (including phenoxy) is 1. The second kappa shape index (κ2) is 6.77. The third kappa shape index (κ3) is 3.16. The fraction of sp³-hybridized carbons (Fsp3) is 0.263. The molecule has 25 heavy (non-hydrogen) atoms. The summed E-state index contributed by atoms with van der Waals surface area (Å²) in [6.07, 6.45) is 8.14. The van der Waals surface area contributed by atoms with E-state index in [0.29, 0.717) is 5.82 Å². The predicted molar refractivity (Wildman–Crippen MR) is 107 cm³/mol. The van der Waals surface area contributed by atoms with Crippen LogP contribution in [0.1, 0.15) is 34.7 Å². The lowest BCUT2D eigenvalue weighted by Crippen LogP contribution is -2.11. The number of thiophene rings is 1. The minimum Gasteiger partial charge on any atom is -0.496 e. The molecule has 0 aliphatic heterocycles. The summed E-state index contributed by atoms with van der Waals surface area (Å²) in [7, 11) is 1.64. The first kappa shape index (κ1) is 16.5. The molecule has 6 heteroatoms. The number of benzene rings is 1. The summed E-state index contributed by atoms with van der Waals surface area (Å²) >= 11 is 5.13. The van der Waals surface area contributed by atoms with Crippen molar-refractivity contribution in [2.24, 2.45) is 0 Å². The van der Waals surface area contributed by atoms with Crippen LogP contribution in [0.15, 0.2) is 27.5 Å². The Labute approximate surface area is 157 Å². The Kier molecular flexibility index (Phi) is 4.48. The van der Waals surface area contributed by atoms with Crippen LogP contribution < -0.4 is 10.3 Å². The number of halogens is 1. The highest BCUT2D eigenvalue weighted by molar-refractivity contribution is 9.10. The van der Waals surface area contributed by atoms with E-state index in [4.69, 9.17) is 4.74 Å². The Morgan fingerprint density at radius 2 is 2.12 bits per heavy atom. The van der Waals surface area contributed by atoms with E-state index in [0.717, 1.165) is 45.3 Å². The molecule has 3 aromatic rings. The standard InChI is InChI=1S/C19H17BrN2O2S/c1-24-14-8-7-12(20)10-11(14)6-9-16-21-18(23)17-13-4-2-3-5-15(13)25-19(17)22-16/h6-10H,2-5H2,1H3,(H,21,22,23). The molecule has 128 valence electrons. The van der Waals surface area contributed by atoms with E-state index in [-0.39, 0.29) is 5.56 Å². The maximum Gasteiger partial charge on any atom is 0.260 e. The summed E-state index contributed by atoms with van der Waals surface area (Å²) in [5.41, 5.74) is 2.10. The highest BCUT2D eigenvalue weighted by Gasteiger charge is 2.19. The van der Waals surface area contributed by atoms with Gasteiger partial charge in [0.25, 0.3) is 5.56 Å². The maximum absolute atomic E-state index is 12.6. The van der Waals surface area contributed by atoms with E-state index in [1.807, 2.05) is 30.4 Å². The van der Waals surface area contributed by atoms with Gasteiger partial charge >= 0.3 is 0 Å². The number of methoxy groups -OCH3 is 1. The number of nitrogens with zero attached hydrogens (tertiary/aromatic N) is 1. The zero-order valence-corrected chi connectivity index (χ0v) is 16.2. The van der Waals surface area contributed by atoms with E-state index in [9.17, 15) is 4.79 Å². The van der Waals surface area contributed by atoms with Crippen LogP contribution in [0.2, 0.25) is 0 Å². The highest BCUT2D eigenvalue weighted by atomic mass is 79.9. The Bertz CT molecular complexity index is 1040. The van der Waals surface area contributed by atoms with Gasteiger partial charge in [-0.25, -0.2) is 4.98 Å². The van der Waals surface area contributed by atoms with Crippen molar-refractivity contribution in [3.05, 3.63) is 54.9 Å². The van der Waals surface area contributed by atoms with Gasteiger partial charge in [-0.15, -0.1) is 11.3 Å². The van der Waals surface area contributed by atoms with Crippen LogP contribution in [0.4, 0.5) is 0 Å². The summed E-state index contributed by atoms with van der Waals surface area (Å²) in [6, 6.07) is 5.80. The first-order chi connectivity index (χ1) is 12.2. The molecule has 1 N–H and O–H groups in total. The normalized spacial score (nSPS) is 14.2. The van der Waals surface area contributed by atoms with E-state index in [1.165, 1.54) is 16.9 Å². The van der Waals surface area contributed by atoms with Gasteiger partial charge in [0.05, 0.1) is 12.5 Å². The molecule has 0 spiro atoms. The zero-order chi connectivity index (χ0) is 17.4. The van der Waals surface area contributed by atoms with Crippen molar-refractivity contribution in [3.8, 4) is 5.75 Å². The maximum atomic E-state index is 12.6. The number of H-pyrrole nitrogens is 1. The van der Waals surface area contributed by atoms with Crippen LogP contribution in [0.3, 0.4) is 0 Å². The van der Waals surface area contributed by atoms with Gasteiger partial charge in [-0.1, -0.05) is 15.9 Å². The van der Waals surface area contributed by atoms with Gasteiger partial charge < -0.3 is 9.72 Å². The van der Waals surface area contributed by atoms with E-state index >= 15 is 0 Å². The molecular weight excluding hydrogens is 400 g/mol. The molecule has 0 bridgehead atoms. The fourth-order valence-electron chi connectivity index (χ4n) is 3.26. The lowest BCUT2D eigenvalue weighted by Gasteiger charge is -2.09. The van der Waals surface area contributed by atoms with Crippen LogP contribution in [0.5, 0.6) is 5.75 Å². The minimum atomic E-state index is -0.0368. The van der Waals surface area contributed by atoms with E-state index < -0.39 is 0 Å². The molecule has 1 aliphatic rings. The Balaban J connectivity index is 1.75. The summed E-state index contributed by atoms with van der Waals surface area (Å²) in [5, 5.41) is 0.789. The Morgan fingerprint density at radius 1 is 1.28 bits per heavy atom. The smallest absolute Gasteiger partial charge is 0.260 e. The van der Waals surface area contributed by atoms with Crippen LogP contribution >= 0.6 is 27.3 Å². The zero-order valence-electron chi connectivity index (χ0n) is 13.8. The van der Waals surface area contributed by atoms with Gasteiger partial charge in [0.2, 0.25) is 0 Å². The third-order valence-corrected chi connectivity index (χ3v) is 6.13. The number of aryl methyl sites for hydroxylation is 2. The van der Waals surface area contributed by atoms with Crippen molar-refractivity contribution in [2.45, 2.75) is 25.7 Å². The third-order valence-electron chi connectivity index (χ3n) is 4.46.